The first-order chi connectivity index (χ1) is 58.9. The number of nitrogens with one attached hydrogen (secondary N) is 2. The van der Waals surface area contributed by atoms with Crippen LogP contribution < -0.4 is 10.6 Å². The molecule has 8 atom stereocenters. The highest BCUT2D eigenvalue weighted by molar-refractivity contribution is 6.43. The first kappa shape index (κ1) is 106. The molecule has 8 aliphatic rings. The standard InChI is InChI=1S/C35H58Cl2N2O9.C23H34Cl2N2O.2C15H30N2.C8H6Cl2O2/c1-38(34(42)27-29-4-5-30(36)31(37)26-29)32-6-7-35(28-33(32)39-10-2-3-11-39,8-14-43-18-22-47-24-20-45-16-12-40)9-15-44-19-23-48-25-21-46-17-13-41;1-4-23(5-2)11-10-20(27-12-6-7-13-27)21(16-23)26(3)22(28)15-17-8-9-18(24)19(25)14-17;1-4-15(5-2)9-8-14(13(12-15)16-3)17-10-6-7-11-17;1-4-15(5-2)9-8-13(16-3)14(12-15)17-10-6-7-11-17;9-6-2-1-5(3-7(6)10)4-8(11)12/h4-5,26,32-33,40-41H,2-3,6-25,27-28H2,1H3;8-9,14,20-21H,4-7,10-13,15-16H2,1-3H3;2*13-14,16H,4-12H2,1-3H3;1-3H,4H2,(H,11,12)/t32-,33-;20-,21-;2*13-,14-;/m1111./s1. The van der Waals surface area contributed by atoms with Gasteiger partial charge in [-0.05, 0) is 282 Å². The Labute approximate surface area is 765 Å². The minimum absolute atomic E-state index is 0.00984. The summed E-state index contributed by atoms with van der Waals surface area (Å²) in [6, 6.07) is 19.9. The number of carbonyl (C=O) groups excluding carboxylic acids is 2. The predicted octanol–water partition coefficient (Wildman–Crippen LogP) is 18.4. The normalized spacial score (nSPS) is 23.9. The van der Waals surface area contributed by atoms with Crippen LogP contribution in [0.15, 0.2) is 54.6 Å². The van der Waals surface area contributed by atoms with Crippen LogP contribution in [0.4, 0.5) is 0 Å². The van der Waals surface area contributed by atoms with E-state index in [0.717, 1.165) is 86.9 Å². The molecule has 0 aromatic heterocycles. The van der Waals surface area contributed by atoms with Gasteiger partial charge in [0.25, 0.3) is 0 Å². The van der Waals surface area contributed by atoms with Crippen LogP contribution in [0.1, 0.15) is 238 Å². The first-order valence-corrected chi connectivity index (χ1v) is 49.2. The lowest BCUT2D eigenvalue weighted by atomic mass is 9.66. The lowest BCUT2D eigenvalue weighted by Gasteiger charge is -2.50. The molecule has 3 aromatic rings. The maximum Gasteiger partial charge on any atom is 0.307 e. The maximum atomic E-state index is 13.6. The Balaban J connectivity index is 0.000000231. The second-order valence-corrected chi connectivity index (χ2v) is 38.5. The molecule has 0 bridgehead atoms. The van der Waals surface area contributed by atoms with Crippen LogP contribution in [0, 0.1) is 21.7 Å². The van der Waals surface area contributed by atoms with Crippen molar-refractivity contribution >= 4 is 87.4 Å². The third kappa shape index (κ3) is 33.9. The average molecular weight is 1830 g/mol. The molecule has 20 nitrogen and oxygen atoms in total. The van der Waals surface area contributed by atoms with Crippen LogP contribution in [0.3, 0.4) is 0 Å². The molecule has 696 valence electrons. The Morgan fingerprint density at radius 1 is 0.377 bits per heavy atom. The number of likely N-dealkylation sites (N-methyl/N-ethyl adjacent to an activating group) is 4. The predicted molar refractivity (Wildman–Crippen MR) is 501 cm³/mol. The van der Waals surface area contributed by atoms with Crippen molar-refractivity contribution in [2.45, 2.75) is 289 Å². The molecule has 4 aliphatic carbocycles. The van der Waals surface area contributed by atoms with Crippen molar-refractivity contribution in [1.82, 2.24) is 40.0 Å². The van der Waals surface area contributed by atoms with Gasteiger partial charge >= 0.3 is 5.97 Å². The zero-order valence-electron chi connectivity index (χ0n) is 76.3. The van der Waals surface area contributed by atoms with Gasteiger partial charge in [0.2, 0.25) is 11.8 Å². The minimum Gasteiger partial charge on any atom is -0.481 e. The molecule has 5 N–H and O–H groups in total. The fourth-order valence-corrected chi connectivity index (χ4v) is 21.8. The zero-order chi connectivity index (χ0) is 88.5. The first-order valence-electron chi connectivity index (χ1n) is 46.9. The van der Waals surface area contributed by atoms with Crippen LogP contribution >= 0.6 is 69.6 Å². The summed E-state index contributed by atoms with van der Waals surface area (Å²) in [5.41, 5.74) is 4.11. The Bertz CT molecular complexity index is 3410. The number of aliphatic hydroxyl groups excluding tert-OH is 2. The number of amides is 2. The number of hydrogen-bond acceptors (Lipinski definition) is 17. The van der Waals surface area contributed by atoms with Gasteiger partial charge in [-0.25, -0.2) is 0 Å². The van der Waals surface area contributed by atoms with E-state index in [1.807, 2.05) is 42.1 Å². The number of halogens is 6. The summed E-state index contributed by atoms with van der Waals surface area (Å²) in [4.78, 5) is 51.9. The summed E-state index contributed by atoms with van der Waals surface area (Å²) in [5.74, 6) is -0.616. The van der Waals surface area contributed by atoms with Crippen molar-refractivity contribution in [3.63, 3.8) is 0 Å². The van der Waals surface area contributed by atoms with Crippen molar-refractivity contribution < 1.29 is 58.1 Å². The van der Waals surface area contributed by atoms with E-state index in [0.29, 0.717) is 150 Å². The zero-order valence-corrected chi connectivity index (χ0v) is 80.8. The number of carboxylic acids is 1. The quantitative estimate of drug-likeness (QED) is 0.0334. The van der Waals surface area contributed by atoms with Crippen LogP contribution in [0.5, 0.6) is 0 Å². The van der Waals surface area contributed by atoms with E-state index in [9.17, 15) is 14.4 Å². The van der Waals surface area contributed by atoms with E-state index in [-0.39, 0.29) is 55.4 Å². The van der Waals surface area contributed by atoms with Crippen molar-refractivity contribution in [2.24, 2.45) is 21.7 Å². The second-order valence-electron chi connectivity index (χ2n) is 36.1. The number of ether oxygens (including phenoxy) is 6. The van der Waals surface area contributed by atoms with E-state index in [2.05, 4.69) is 85.9 Å². The number of nitrogens with zero attached hydrogens (tertiary/aromatic N) is 6. The van der Waals surface area contributed by atoms with Gasteiger partial charge in [-0.2, -0.15) is 0 Å². The molecule has 4 heterocycles. The molecular formula is C96H158Cl6N8O12. The van der Waals surface area contributed by atoms with Gasteiger partial charge in [-0.1, -0.05) is 168 Å². The Hall–Kier alpha value is -2.75. The van der Waals surface area contributed by atoms with Gasteiger partial charge in [0.1, 0.15) is 0 Å². The molecule has 2 amide bonds. The summed E-state index contributed by atoms with van der Waals surface area (Å²) < 4.78 is 33.8. The summed E-state index contributed by atoms with van der Waals surface area (Å²) >= 11 is 35.8. The number of benzene rings is 3. The number of hydrogen-bond donors (Lipinski definition) is 5. The number of rotatable bonds is 42. The Morgan fingerprint density at radius 2 is 0.697 bits per heavy atom. The van der Waals surface area contributed by atoms with Gasteiger partial charge in [-0.15, -0.1) is 0 Å². The van der Waals surface area contributed by atoms with Crippen LogP contribution in [0.2, 0.25) is 30.1 Å². The van der Waals surface area contributed by atoms with Crippen molar-refractivity contribution in [3.05, 3.63) is 101 Å². The highest BCUT2D eigenvalue weighted by Gasteiger charge is 2.48. The summed E-state index contributed by atoms with van der Waals surface area (Å²) in [6.07, 6.45) is 35.8. The van der Waals surface area contributed by atoms with Crippen LogP contribution in [-0.4, -0.2) is 284 Å². The molecule has 3 aromatic carbocycles. The van der Waals surface area contributed by atoms with E-state index < -0.39 is 5.97 Å². The van der Waals surface area contributed by atoms with Crippen molar-refractivity contribution in [1.29, 1.82) is 0 Å². The molecular weight excluding hydrogens is 1670 g/mol. The van der Waals surface area contributed by atoms with Gasteiger partial charge in [0, 0.05) is 75.6 Å². The second kappa shape index (κ2) is 56.8. The largest absolute Gasteiger partial charge is 0.481 e. The third-order valence-electron chi connectivity index (χ3n) is 29.3. The van der Waals surface area contributed by atoms with Crippen molar-refractivity contribution in [3.8, 4) is 0 Å². The molecule has 122 heavy (non-hydrogen) atoms. The van der Waals surface area contributed by atoms with Gasteiger partial charge < -0.3 is 64.2 Å². The molecule has 0 unspecified atom stereocenters. The number of likely N-dealkylation sites (tertiary alicyclic amines) is 4. The molecule has 11 rings (SSSR count). The SMILES string of the molecule is CCC1(CC)CC[C@@H](N2CCCC2)[C@H](N(C)C(=O)Cc2ccc(Cl)c(Cl)c2)C1.CCC1(CC)CC[C@@H](N2CCCC2)[C@H](NC)C1.CCC1(CC)CC[C@@H](NC)[C@H](N2CCCC2)C1.CN(C(=O)Cc1ccc(Cl)c(Cl)c1)[C@@H]1CCC(CCOCCOCCOCCO)(CCOCCOCCOCCO)C[C@H]1N1CCCC1.O=C(O)Cc1ccc(Cl)c(Cl)c1. The summed E-state index contributed by atoms with van der Waals surface area (Å²) in [5, 5.41) is 36.1. The van der Waals surface area contributed by atoms with Crippen molar-refractivity contribution in [2.75, 3.05) is 173 Å². The molecule has 0 spiro atoms. The number of carbonyl (C=O) groups is 3. The third-order valence-corrected chi connectivity index (χ3v) is 31.5. The fourth-order valence-electron chi connectivity index (χ4n) is 20.9. The van der Waals surface area contributed by atoms with Gasteiger partial charge in [-0.3, -0.25) is 34.0 Å². The fraction of sp³-hybridized carbons (Fsp3) is 0.781. The van der Waals surface area contributed by atoms with Crippen LogP contribution in [0.25, 0.3) is 0 Å². The van der Waals surface area contributed by atoms with E-state index in [1.54, 1.807) is 36.4 Å². The van der Waals surface area contributed by atoms with E-state index in [4.69, 9.17) is 113 Å². The lowest BCUT2D eigenvalue weighted by Crippen LogP contribution is -2.57. The Kier molecular flexibility index (Phi) is 49.4. The molecule has 4 saturated carbocycles. The summed E-state index contributed by atoms with van der Waals surface area (Å²) in [7, 11) is 8.28. The highest BCUT2D eigenvalue weighted by Crippen LogP contribution is 2.49. The molecule has 4 saturated heterocycles. The van der Waals surface area contributed by atoms with Crippen LogP contribution in [-0.2, 0) is 62.1 Å². The minimum atomic E-state index is -0.881. The van der Waals surface area contributed by atoms with E-state index >= 15 is 0 Å². The monoisotopic (exact) mass is 1830 g/mol. The molecule has 4 aliphatic heterocycles. The number of carboxylic acid groups (broad SMARTS) is 1. The smallest absolute Gasteiger partial charge is 0.307 e. The number of aliphatic carboxylic acids is 1. The van der Waals surface area contributed by atoms with Gasteiger partial charge in [0.05, 0.1) is 129 Å². The topological polar surface area (TPSA) is 211 Å². The van der Waals surface area contributed by atoms with Gasteiger partial charge in [0.15, 0.2) is 0 Å². The van der Waals surface area contributed by atoms with E-state index in [1.165, 1.54) is 181 Å². The molecule has 26 heteroatoms. The Morgan fingerprint density at radius 3 is 1.08 bits per heavy atom. The number of aliphatic hydroxyl groups is 2. The summed E-state index contributed by atoms with van der Waals surface area (Å²) in [6.45, 7) is 29.8. The molecule has 0 radical (unpaired) electrons. The molecule has 8 fully saturated rings. The highest BCUT2D eigenvalue weighted by atomic mass is 35.5. The average Bonchev–Trinajstić information content (AvgIpc) is 1.15. The lowest BCUT2D eigenvalue weighted by molar-refractivity contribution is -0.136. The maximum absolute atomic E-state index is 13.6.